The van der Waals surface area contributed by atoms with E-state index in [-0.39, 0.29) is 19.8 Å². The van der Waals surface area contributed by atoms with Crippen LogP contribution in [0.4, 0.5) is 0 Å². The number of aliphatic hydroxyl groups is 1. The van der Waals surface area contributed by atoms with Crippen LogP contribution in [0.3, 0.4) is 0 Å². The van der Waals surface area contributed by atoms with E-state index in [4.69, 9.17) is 42.6 Å². The second-order valence-corrected chi connectivity index (χ2v) is 14.6. The summed E-state index contributed by atoms with van der Waals surface area (Å²) in [6.45, 7) is 3.49. The van der Waals surface area contributed by atoms with Gasteiger partial charge in [0.25, 0.3) is 0 Å². The molecule has 58 heavy (non-hydrogen) atoms. The zero-order chi connectivity index (χ0) is 39.9. The largest absolute Gasteiger partial charge is 0.387 e. The second kappa shape index (κ2) is 21.6. The van der Waals surface area contributed by atoms with E-state index < -0.39 is 61.4 Å². The number of ether oxygens (including phenoxy) is 9. The van der Waals surface area contributed by atoms with Crippen LogP contribution in [0.5, 0.6) is 0 Å². The molecule has 7 rings (SSSR count). The first-order chi connectivity index (χ1) is 28.6. The zero-order valence-corrected chi connectivity index (χ0v) is 33.1. The molecule has 5 aromatic rings. The molecule has 0 unspecified atom stereocenters. The van der Waals surface area contributed by atoms with Crippen molar-refractivity contribution < 1.29 is 47.7 Å². The molecule has 306 valence electrons. The minimum absolute atomic E-state index is 0.0786. The van der Waals surface area contributed by atoms with Crippen LogP contribution in [0, 0.1) is 0 Å². The van der Waals surface area contributed by atoms with Crippen LogP contribution >= 0.6 is 0 Å². The van der Waals surface area contributed by atoms with Gasteiger partial charge in [-0.1, -0.05) is 152 Å². The Hall–Kier alpha value is -4.30. The van der Waals surface area contributed by atoms with Gasteiger partial charge in [-0.05, 0) is 34.7 Å². The number of aliphatic hydroxyl groups excluding tert-OH is 1. The molecule has 10 atom stereocenters. The fourth-order valence-electron chi connectivity index (χ4n) is 7.32. The Morgan fingerprint density at radius 2 is 0.828 bits per heavy atom. The van der Waals surface area contributed by atoms with E-state index in [0.717, 1.165) is 27.8 Å². The highest BCUT2D eigenvalue weighted by molar-refractivity contribution is 5.17. The van der Waals surface area contributed by atoms with Gasteiger partial charge in [0.1, 0.15) is 42.7 Å². The first-order valence-electron chi connectivity index (χ1n) is 20.0. The number of rotatable bonds is 19. The summed E-state index contributed by atoms with van der Waals surface area (Å²) in [5, 5.41) is 12.2. The molecule has 2 aliphatic heterocycles. The smallest absolute Gasteiger partial charge is 0.187 e. The molecule has 2 aliphatic rings. The summed E-state index contributed by atoms with van der Waals surface area (Å²) < 4.78 is 58.8. The molecule has 0 aliphatic carbocycles. The molecule has 0 saturated carbocycles. The fourth-order valence-corrected chi connectivity index (χ4v) is 7.32. The maximum absolute atomic E-state index is 12.2. The quantitative estimate of drug-likeness (QED) is 0.0911. The summed E-state index contributed by atoms with van der Waals surface area (Å²) in [4.78, 5) is 0. The van der Waals surface area contributed by atoms with Crippen molar-refractivity contribution in [3.63, 3.8) is 0 Å². The van der Waals surface area contributed by atoms with E-state index in [9.17, 15) is 5.11 Å². The van der Waals surface area contributed by atoms with Crippen LogP contribution in [0.2, 0.25) is 0 Å². The number of benzene rings is 5. The van der Waals surface area contributed by atoms with Crippen LogP contribution < -0.4 is 0 Å². The Kier molecular flexibility index (Phi) is 15.6. The van der Waals surface area contributed by atoms with Crippen LogP contribution in [0.15, 0.2) is 152 Å². The van der Waals surface area contributed by atoms with Crippen molar-refractivity contribution in [3.05, 3.63) is 179 Å². The summed E-state index contributed by atoms with van der Waals surface area (Å²) in [7, 11) is 1.55. The van der Waals surface area contributed by atoms with Crippen LogP contribution in [-0.4, -0.2) is 80.2 Å². The maximum atomic E-state index is 12.2. The Balaban J connectivity index is 1.18. The van der Waals surface area contributed by atoms with E-state index in [0.29, 0.717) is 19.8 Å². The molecule has 0 bridgehead atoms. The average molecular weight is 791 g/mol. The van der Waals surface area contributed by atoms with Gasteiger partial charge < -0.3 is 47.7 Å². The third-order valence-electron chi connectivity index (χ3n) is 10.4. The second-order valence-electron chi connectivity index (χ2n) is 14.6. The topological polar surface area (TPSA) is 103 Å². The normalized spacial score (nSPS) is 27.3. The van der Waals surface area contributed by atoms with E-state index in [1.807, 2.05) is 159 Å². The molecule has 0 aromatic heterocycles. The lowest BCUT2D eigenvalue weighted by Gasteiger charge is -2.49. The number of hydrogen-bond donors (Lipinski definition) is 1. The van der Waals surface area contributed by atoms with Gasteiger partial charge in [0, 0.05) is 7.11 Å². The SMILES string of the molecule is CO[C@H]1O[C@H](COCc2ccccc2)[C@H](O)[C@H](O[C@@H]2O[C@@H](C)[C@@H](OCc3ccccc3)[C@@H](OCc3ccccc3)[C@@H]2OCc2ccccc2)[C@H]1OCc1ccccc1. The summed E-state index contributed by atoms with van der Waals surface area (Å²) in [5.41, 5.74) is 4.93. The molecular formula is C48H54O10. The minimum atomic E-state index is -1.20. The molecule has 1 N–H and O–H groups in total. The Morgan fingerprint density at radius 1 is 0.448 bits per heavy atom. The summed E-state index contributed by atoms with van der Waals surface area (Å²) in [6.07, 6.45) is -8.31. The van der Waals surface area contributed by atoms with Crippen molar-refractivity contribution in [1.29, 1.82) is 0 Å². The molecule has 5 aromatic carbocycles. The Bertz CT molecular complexity index is 1870. The van der Waals surface area contributed by atoms with E-state index in [1.165, 1.54) is 0 Å². The molecule has 10 heteroatoms. The molecule has 0 radical (unpaired) electrons. The fraction of sp³-hybridized carbons (Fsp3) is 0.375. The van der Waals surface area contributed by atoms with E-state index >= 15 is 0 Å². The number of hydrogen-bond acceptors (Lipinski definition) is 10. The highest BCUT2D eigenvalue weighted by atomic mass is 16.8. The van der Waals surface area contributed by atoms with Crippen molar-refractivity contribution in [1.82, 2.24) is 0 Å². The molecular weight excluding hydrogens is 737 g/mol. The maximum Gasteiger partial charge on any atom is 0.187 e. The highest BCUT2D eigenvalue weighted by Crippen LogP contribution is 2.35. The van der Waals surface area contributed by atoms with Gasteiger partial charge in [0.2, 0.25) is 0 Å². The van der Waals surface area contributed by atoms with Crippen molar-refractivity contribution in [3.8, 4) is 0 Å². The van der Waals surface area contributed by atoms with Gasteiger partial charge in [0.15, 0.2) is 12.6 Å². The summed E-state index contributed by atoms with van der Waals surface area (Å²) >= 11 is 0. The lowest BCUT2D eigenvalue weighted by Crippen LogP contribution is -2.65. The Morgan fingerprint density at radius 3 is 1.26 bits per heavy atom. The lowest BCUT2D eigenvalue weighted by atomic mass is 9.96. The Labute approximate surface area is 341 Å². The minimum Gasteiger partial charge on any atom is -0.387 e. The van der Waals surface area contributed by atoms with Crippen molar-refractivity contribution in [2.45, 2.75) is 101 Å². The third kappa shape index (κ3) is 11.5. The molecule has 2 fully saturated rings. The molecule has 2 heterocycles. The van der Waals surface area contributed by atoms with Gasteiger partial charge in [0.05, 0.1) is 45.7 Å². The predicted molar refractivity (Wildman–Crippen MR) is 217 cm³/mol. The number of methoxy groups -OCH3 is 1. The van der Waals surface area contributed by atoms with Crippen LogP contribution in [0.25, 0.3) is 0 Å². The van der Waals surface area contributed by atoms with Crippen LogP contribution in [-0.2, 0) is 75.7 Å². The first-order valence-corrected chi connectivity index (χ1v) is 20.0. The third-order valence-corrected chi connectivity index (χ3v) is 10.4. The van der Waals surface area contributed by atoms with Crippen molar-refractivity contribution in [2.75, 3.05) is 13.7 Å². The van der Waals surface area contributed by atoms with Gasteiger partial charge in [-0.2, -0.15) is 0 Å². The summed E-state index contributed by atoms with van der Waals surface area (Å²) in [6, 6.07) is 49.6. The van der Waals surface area contributed by atoms with E-state index in [2.05, 4.69) is 0 Å². The highest BCUT2D eigenvalue weighted by Gasteiger charge is 2.53. The van der Waals surface area contributed by atoms with E-state index in [1.54, 1.807) is 7.11 Å². The zero-order valence-electron chi connectivity index (χ0n) is 33.1. The lowest BCUT2D eigenvalue weighted by molar-refractivity contribution is -0.370. The molecule has 0 amide bonds. The summed E-state index contributed by atoms with van der Waals surface area (Å²) in [5.74, 6) is 0. The molecule has 2 saturated heterocycles. The standard InChI is InChI=1S/C48H54O10/c1-34-42(52-29-36-20-10-4-11-21-36)44(53-30-37-22-12-5-13-23-37)46(55-32-39-26-16-7-17-27-39)48(56-34)58-43-41(49)40(33-51-28-35-18-8-3-9-19-35)57-47(50-2)45(43)54-31-38-24-14-6-15-25-38/h3-27,34,40-49H,28-33H2,1-2H3/t34-,40+,41-,42+,43-,44+,45+,46-,47-,48-/m0/s1. The van der Waals surface area contributed by atoms with Crippen molar-refractivity contribution in [2.24, 2.45) is 0 Å². The van der Waals surface area contributed by atoms with Crippen molar-refractivity contribution >= 4 is 0 Å². The monoisotopic (exact) mass is 790 g/mol. The average Bonchev–Trinajstić information content (AvgIpc) is 3.27. The van der Waals surface area contributed by atoms with Gasteiger partial charge in [-0.25, -0.2) is 0 Å². The first kappa shape index (κ1) is 41.8. The molecule has 0 spiro atoms. The van der Waals surface area contributed by atoms with Gasteiger partial charge >= 0.3 is 0 Å². The molecule has 10 nitrogen and oxygen atoms in total. The predicted octanol–water partition coefficient (Wildman–Crippen LogP) is 7.41. The van der Waals surface area contributed by atoms with Gasteiger partial charge in [-0.15, -0.1) is 0 Å². The van der Waals surface area contributed by atoms with Crippen LogP contribution in [0.1, 0.15) is 34.7 Å². The van der Waals surface area contributed by atoms with Gasteiger partial charge in [-0.3, -0.25) is 0 Å².